The predicted octanol–water partition coefficient (Wildman–Crippen LogP) is 3.43. The Kier molecular flexibility index (Phi) is 7.48. The lowest BCUT2D eigenvalue weighted by Crippen LogP contribution is -2.35. The van der Waals surface area contributed by atoms with Gasteiger partial charge in [-0.3, -0.25) is 9.59 Å². The van der Waals surface area contributed by atoms with Crippen molar-refractivity contribution in [3.63, 3.8) is 0 Å². The Morgan fingerprint density at radius 1 is 1.00 bits per heavy atom. The minimum absolute atomic E-state index is 0.0884. The van der Waals surface area contributed by atoms with Crippen molar-refractivity contribution in [1.82, 2.24) is 10.6 Å². The smallest absolute Gasteiger partial charge is 0.267 e. The molecule has 3 rings (SSSR count). The summed E-state index contributed by atoms with van der Waals surface area (Å²) in [4.78, 5) is 25.3. The quantitative estimate of drug-likeness (QED) is 0.518. The molecule has 2 N–H and O–H groups in total. The molecule has 0 bridgehead atoms. The molecule has 0 aliphatic rings. The highest BCUT2D eigenvalue weighted by atomic mass is 16.5. The van der Waals surface area contributed by atoms with Crippen LogP contribution >= 0.6 is 0 Å². The summed E-state index contributed by atoms with van der Waals surface area (Å²) in [6.45, 7) is 0.345. The normalized spacial score (nSPS) is 11.0. The molecule has 2 aromatic carbocycles. The van der Waals surface area contributed by atoms with Crippen LogP contribution in [0.15, 0.2) is 77.0 Å². The number of hydrogen-bond donors (Lipinski definition) is 2. The maximum absolute atomic E-state index is 12.8. The highest BCUT2D eigenvalue weighted by molar-refractivity contribution is 6.05. The van der Waals surface area contributed by atoms with E-state index in [0.29, 0.717) is 35.8 Å². The Hall–Kier alpha value is -4.00. The third-order valence-electron chi connectivity index (χ3n) is 4.53. The average molecular weight is 420 g/mol. The van der Waals surface area contributed by atoms with E-state index in [1.54, 1.807) is 56.7 Å². The molecule has 0 aliphatic carbocycles. The van der Waals surface area contributed by atoms with Crippen LogP contribution < -0.4 is 20.1 Å². The molecule has 0 atom stereocenters. The second kappa shape index (κ2) is 10.7. The van der Waals surface area contributed by atoms with Crippen molar-refractivity contribution >= 4 is 17.9 Å². The molecule has 0 spiro atoms. The lowest BCUT2D eigenvalue weighted by Gasteiger charge is -2.13. The van der Waals surface area contributed by atoms with Crippen molar-refractivity contribution in [2.45, 2.75) is 6.42 Å². The summed E-state index contributed by atoms with van der Waals surface area (Å²) in [5.74, 6) is 1.02. The maximum Gasteiger partial charge on any atom is 0.267 e. The van der Waals surface area contributed by atoms with Gasteiger partial charge in [0.15, 0.2) is 0 Å². The van der Waals surface area contributed by atoms with Crippen molar-refractivity contribution in [3.8, 4) is 11.5 Å². The molecule has 7 nitrogen and oxygen atoms in total. The van der Waals surface area contributed by atoms with Crippen LogP contribution in [0.5, 0.6) is 11.5 Å². The molecule has 0 radical (unpaired) electrons. The summed E-state index contributed by atoms with van der Waals surface area (Å²) >= 11 is 0. The number of nitrogens with one attached hydrogen (secondary N) is 2. The Morgan fingerprint density at radius 3 is 2.48 bits per heavy atom. The van der Waals surface area contributed by atoms with Crippen LogP contribution in [-0.4, -0.2) is 32.6 Å². The SMILES string of the molecule is COc1ccc(CCNC(=O)C(=Cc2ccco2)NC(=O)c2ccccc2)c(OC)c1. The first kappa shape index (κ1) is 21.7. The van der Waals surface area contributed by atoms with Crippen molar-refractivity contribution in [3.05, 3.63) is 89.5 Å². The third kappa shape index (κ3) is 5.99. The Labute approximate surface area is 180 Å². The van der Waals surface area contributed by atoms with Crippen LogP contribution in [0.3, 0.4) is 0 Å². The zero-order chi connectivity index (χ0) is 22.1. The molecular formula is C24H24N2O5. The number of furan rings is 1. The number of carbonyl (C=O) groups is 2. The molecule has 0 fully saturated rings. The van der Waals surface area contributed by atoms with Gasteiger partial charge < -0.3 is 24.5 Å². The first-order valence-electron chi connectivity index (χ1n) is 9.71. The van der Waals surface area contributed by atoms with E-state index in [2.05, 4.69) is 10.6 Å². The van der Waals surface area contributed by atoms with Gasteiger partial charge in [0.25, 0.3) is 11.8 Å². The number of methoxy groups -OCH3 is 2. The average Bonchev–Trinajstić information content (AvgIpc) is 3.32. The molecule has 0 aliphatic heterocycles. The number of rotatable bonds is 9. The molecular weight excluding hydrogens is 396 g/mol. The van der Waals surface area contributed by atoms with Crippen LogP contribution in [0.25, 0.3) is 6.08 Å². The van der Waals surface area contributed by atoms with Crippen molar-refractivity contribution in [2.24, 2.45) is 0 Å². The van der Waals surface area contributed by atoms with Crippen LogP contribution in [0.4, 0.5) is 0 Å². The van der Waals surface area contributed by atoms with E-state index < -0.39 is 5.91 Å². The molecule has 0 saturated carbocycles. The van der Waals surface area contributed by atoms with E-state index in [4.69, 9.17) is 13.9 Å². The van der Waals surface area contributed by atoms with Gasteiger partial charge in [0.2, 0.25) is 0 Å². The van der Waals surface area contributed by atoms with Crippen LogP contribution in [0.1, 0.15) is 21.7 Å². The molecule has 2 amide bonds. The van der Waals surface area contributed by atoms with Gasteiger partial charge in [-0.25, -0.2) is 0 Å². The summed E-state index contributed by atoms with van der Waals surface area (Å²) in [7, 11) is 3.17. The fraction of sp³-hybridized carbons (Fsp3) is 0.167. The van der Waals surface area contributed by atoms with Crippen molar-refractivity contribution < 1.29 is 23.5 Å². The second-order valence-electron chi connectivity index (χ2n) is 6.58. The zero-order valence-corrected chi connectivity index (χ0v) is 17.4. The molecule has 0 unspecified atom stereocenters. The maximum atomic E-state index is 12.8. The molecule has 1 aromatic heterocycles. The van der Waals surface area contributed by atoms with Crippen molar-refractivity contribution in [2.75, 3.05) is 20.8 Å². The first-order chi connectivity index (χ1) is 15.1. The summed E-state index contributed by atoms with van der Waals surface area (Å²) in [6, 6.07) is 17.6. The fourth-order valence-electron chi connectivity index (χ4n) is 2.92. The molecule has 3 aromatic rings. The molecule has 0 saturated heterocycles. The van der Waals surface area contributed by atoms with Gasteiger partial charge in [-0.2, -0.15) is 0 Å². The summed E-state index contributed by atoms with van der Waals surface area (Å²) in [5, 5.41) is 5.50. The van der Waals surface area contributed by atoms with Gasteiger partial charge in [-0.05, 0) is 42.3 Å². The lowest BCUT2D eigenvalue weighted by atomic mass is 10.1. The van der Waals surface area contributed by atoms with Crippen LogP contribution in [0, 0.1) is 0 Å². The highest BCUT2D eigenvalue weighted by Gasteiger charge is 2.15. The summed E-state index contributed by atoms with van der Waals surface area (Å²) in [5.41, 5.74) is 1.46. The number of carbonyl (C=O) groups excluding carboxylic acids is 2. The van der Waals surface area contributed by atoms with Gasteiger partial charge in [0.05, 0.1) is 20.5 Å². The monoisotopic (exact) mass is 420 g/mol. The lowest BCUT2D eigenvalue weighted by molar-refractivity contribution is -0.117. The van der Waals surface area contributed by atoms with Gasteiger partial charge in [-0.1, -0.05) is 24.3 Å². The number of benzene rings is 2. The second-order valence-corrected chi connectivity index (χ2v) is 6.58. The van der Waals surface area contributed by atoms with E-state index in [9.17, 15) is 9.59 Å². The minimum atomic E-state index is -0.423. The number of amides is 2. The van der Waals surface area contributed by atoms with E-state index in [1.165, 1.54) is 12.3 Å². The topological polar surface area (TPSA) is 89.8 Å². The van der Waals surface area contributed by atoms with Crippen LogP contribution in [-0.2, 0) is 11.2 Å². The largest absolute Gasteiger partial charge is 0.497 e. The van der Waals surface area contributed by atoms with Gasteiger partial charge in [-0.15, -0.1) is 0 Å². The summed E-state index contributed by atoms with van der Waals surface area (Å²) < 4.78 is 15.9. The van der Waals surface area contributed by atoms with Gasteiger partial charge in [0, 0.05) is 24.3 Å². The number of ether oxygens (including phenoxy) is 2. The molecule has 7 heteroatoms. The fourth-order valence-corrected chi connectivity index (χ4v) is 2.92. The number of hydrogen-bond acceptors (Lipinski definition) is 5. The molecule has 31 heavy (non-hydrogen) atoms. The van der Waals surface area contributed by atoms with Gasteiger partial charge in [0.1, 0.15) is 23.0 Å². The van der Waals surface area contributed by atoms with E-state index in [1.807, 2.05) is 18.2 Å². The zero-order valence-electron chi connectivity index (χ0n) is 17.4. The van der Waals surface area contributed by atoms with E-state index in [-0.39, 0.29) is 11.6 Å². The Balaban J connectivity index is 1.68. The van der Waals surface area contributed by atoms with E-state index in [0.717, 1.165) is 5.56 Å². The molecule has 1 heterocycles. The first-order valence-corrected chi connectivity index (χ1v) is 9.71. The Morgan fingerprint density at radius 2 is 1.81 bits per heavy atom. The predicted molar refractivity (Wildman–Crippen MR) is 117 cm³/mol. The van der Waals surface area contributed by atoms with E-state index >= 15 is 0 Å². The standard InChI is InChI=1S/C24H24N2O5/c1-29-19-11-10-17(22(16-19)30-2)12-13-25-24(28)21(15-20-9-6-14-31-20)26-23(27)18-7-4-3-5-8-18/h3-11,14-16H,12-13H2,1-2H3,(H,25,28)(H,26,27). The molecule has 160 valence electrons. The highest BCUT2D eigenvalue weighted by Crippen LogP contribution is 2.24. The van der Waals surface area contributed by atoms with Crippen LogP contribution in [0.2, 0.25) is 0 Å². The Bertz CT molecular complexity index is 1040. The van der Waals surface area contributed by atoms with Crippen molar-refractivity contribution in [1.29, 1.82) is 0 Å². The minimum Gasteiger partial charge on any atom is -0.497 e. The third-order valence-corrected chi connectivity index (χ3v) is 4.53. The summed E-state index contributed by atoms with van der Waals surface area (Å²) in [6.07, 6.45) is 3.53. The van der Waals surface area contributed by atoms with Gasteiger partial charge >= 0.3 is 0 Å².